The highest BCUT2D eigenvalue weighted by Gasteiger charge is 2.75. The molecular weight excluding hydrogens is 510 g/mol. The smallest absolute Gasteiger partial charge is 0.248 e. The van der Waals surface area contributed by atoms with E-state index in [1.165, 1.54) is 0 Å². The minimum atomic E-state index is -0.725. The molecule has 2 aromatic rings. The summed E-state index contributed by atoms with van der Waals surface area (Å²) < 4.78 is -0.693. The number of benzene rings is 2. The summed E-state index contributed by atoms with van der Waals surface area (Å²) in [7, 11) is 0. The van der Waals surface area contributed by atoms with Crippen LogP contribution in [0.25, 0.3) is 0 Å². The number of hydrogen-bond acceptors (Lipinski definition) is 5. The fraction of sp³-hybridized carbons (Fsp3) is 0.464. The number of amides is 3. The molecule has 3 fully saturated rings. The zero-order valence-corrected chi connectivity index (χ0v) is 22.3. The van der Waals surface area contributed by atoms with Gasteiger partial charge in [-0.3, -0.25) is 14.4 Å². The maximum atomic E-state index is 14.0. The summed E-state index contributed by atoms with van der Waals surface area (Å²) in [5.41, 5.74) is 1.49. The van der Waals surface area contributed by atoms with Gasteiger partial charge in [0.25, 0.3) is 0 Å². The molecular formula is C28H32ClN3O4S. The maximum absolute atomic E-state index is 14.0. The van der Waals surface area contributed by atoms with Gasteiger partial charge in [0, 0.05) is 24.9 Å². The number of halogens is 1. The van der Waals surface area contributed by atoms with Gasteiger partial charge in [0.15, 0.2) is 0 Å². The number of carbonyl (C=O) groups excluding carboxylic acids is 3. The number of thioether (sulfide) groups is 1. The van der Waals surface area contributed by atoms with Crippen molar-refractivity contribution in [2.75, 3.05) is 18.5 Å². The highest BCUT2D eigenvalue weighted by atomic mass is 35.5. The SMILES string of the molecule is CC1C[C@@H]2SC13C(C(=O)Nc1ccccc1Cl)N(CCCCO)C(=O)[C@@H]3[C@@H]2C(=O)NCc1ccccc1. The molecule has 37 heavy (non-hydrogen) atoms. The molecule has 0 radical (unpaired) electrons. The maximum Gasteiger partial charge on any atom is 0.248 e. The fourth-order valence-corrected chi connectivity index (χ4v) is 9.03. The predicted molar refractivity (Wildman–Crippen MR) is 145 cm³/mol. The van der Waals surface area contributed by atoms with Crippen LogP contribution in [-0.4, -0.2) is 56.9 Å². The quantitative estimate of drug-likeness (QED) is 0.420. The summed E-state index contributed by atoms with van der Waals surface area (Å²) in [6, 6.07) is 16.0. The number of unbranched alkanes of at least 4 members (excludes halogenated alkanes) is 1. The summed E-state index contributed by atoms with van der Waals surface area (Å²) in [5.74, 6) is -1.53. The highest BCUT2D eigenvalue weighted by Crippen LogP contribution is 2.68. The molecule has 6 atom stereocenters. The Hall–Kier alpha value is -2.55. The average Bonchev–Trinajstić information content (AvgIpc) is 3.48. The summed E-state index contributed by atoms with van der Waals surface area (Å²) in [4.78, 5) is 43.1. The molecule has 9 heteroatoms. The van der Waals surface area contributed by atoms with E-state index in [0.717, 1.165) is 12.0 Å². The van der Waals surface area contributed by atoms with Gasteiger partial charge < -0.3 is 20.6 Å². The van der Waals surface area contributed by atoms with Crippen LogP contribution in [0.1, 0.15) is 31.7 Å². The Morgan fingerprint density at radius 3 is 2.57 bits per heavy atom. The van der Waals surface area contributed by atoms with E-state index in [9.17, 15) is 19.5 Å². The highest BCUT2D eigenvalue weighted by molar-refractivity contribution is 8.02. The van der Waals surface area contributed by atoms with Gasteiger partial charge >= 0.3 is 0 Å². The van der Waals surface area contributed by atoms with Crippen LogP contribution in [0.3, 0.4) is 0 Å². The number of para-hydroxylation sites is 1. The van der Waals surface area contributed by atoms with Crippen LogP contribution < -0.4 is 10.6 Å². The Labute approximate surface area is 226 Å². The third kappa shape index (κ3) is 4.53. The van der Waals surface area contributed by atoms with Crippen LogP contribution in [0.4, 0.5) is 5.69 Å². The van der Waals surface area contributed by atoms with Gasteiger partial charge in [-0.25, -0.2) is 0 Å². The monoisotopic (exact) mass is 541 g/mol. The molecule has 3 aliphatic rings. The molecule has 3 amide bonds. The Kier molecular flexibility index (Phi) is 7.52. The second-order valence-corrected chi connectivity index (χ2v) is 12.1. The number of nitrogens with one attached hydrogen (secondary N) is 2. The number of anilines is 1. The van der Waals surface area contributed by atoms with E-state index < -0.39 is 22.6 Å². The van der Waals surface area contributed by atoms with E-state index >= 15 is 0 Å². The number of rotatable bonds is 9. The molecule has 3 saturated heterocycles. The van der Waals surface area contributed by atoms with Crippen molar-refractivity contribution in [2.24, 2.45) is 17.8 Å². The molecule has 3 aliphatic heterocycles. The van der Waals surface area contributed by atoms with Gasteiger partial charge in [0.05, 0.1) is 27.3 Å². The first-order chi connectivity index (χ1) is 17.9. The van der Waals surface area contributed by atoms with Crippen LogP contribution in [0.5, 0.6) is 0 Å². The zero-order chi connectivity index (χ0) is 26.2. The molecule has 7 nitrogen and oxygen atoms in total. The molecule has 2 aromatic carbocycles. The lowest BCUT2D eigenvalue weighted by atomic mass is 9.66. The molecule has 1 spiro atoms. The number of aliphatic hydroxyl groups is 1. The minimum Gasteiger partial charge on any atom is -0.396 e. The number of aliphatic hydroxyl groups excluding tert-OH is 1. The molecule has 0 saturated carbocycles. The first kappa shape index (κ1) is 26.1. The van der Waals surface area contributed by atoms with Gasteiger partial charge in [-0.05, 0) is 42.9 Å². The fourth-order valence-electron chi connectivity index (χ4n) is 6.42. The van der Waals surface area contributed by atoms with Crippen molar-refractivity contribution in [3.05, 3.63) is 65.2 Å². The second kappa shape index (κ2) is 10.7. The van der Waals surface area contributed by atoms with Crippen molar-refractivity contribution in [2.45, 2.75) is 48.8 Å². The normalized spacial score (nSPS) is 29.9. The zero-order valence-electron chi connectivity index (χ0n) is 20.7. The minimum absolute atomic E-state index is 0.0186. The summed E-state index contributed by atoms with van der Waals surface area (Å²) in [5, 5.41) is 15.8. The standard InChI is InChI=1S/C28H32ClN3O4S/c1-17-15-21-22(25(34)30-16-18-9-3-2-4-10-18)23-27(36)32(13-7-8-14-33)24(28(17,23)37-21)26(35)31-20-12-6-5-11-19(20)29/h2-6,9-12,17,21-24,33H,7-8,13-16H2,1H3,(H,30,34)(H,31,35)/t17?,21-,22+,23-,24?,28?/m0/s1. The molecule has 0 aromatic heterocycles. The third-order valence-electron chi connectivity index (χ3n) is 8.05. The predicted octanol–water partition coefficient (Wildman–Crippen LogP) is 3.70. The van der Waals surface area contributed by atoms with E-state index in [2.05, 4.69) is 17.6 Å². The molecule has 3 unspecified atom stereocenters. The summed E-state index contributed by atoms with van der Waals surface area (Å²) in [6.07, 6.45) is 1.89. The summed E-state index contributed by atoms with van der Waals surface area (Å²) in [6.45, 7) is 2.87. The van der Waals surface area contributed by atoms with Crippen LogP contribution >= 0.6 is 23.4 Å². The van der Waals surface area contributed by atoms with E-state index in [4.69, 9.17) is 11.6 Å². The van der Waals surface area contributed by atoms with E-state index in [1.54, 1.807) is 40.9 Å². The number of hydrogen-bond donors (Lipinski definition) is 3. The van der Waals surface area contributed by atoms with Gasteiger partial charge in [-0.1, -0.05) is 61.0 Å². The van der Waals surface area contributed by atoms with Gasteiger partial charge in [-0.15, -0.1) is 11.8 Å². The van der Waals surface area contributed by atoms with Crippen molar-refractivity contribution in [1.29, 1.82) is 0 Å². The average molecular weight is 542 g/mol. The number of carbonyl (C=O) groups is 3. The van der Waals surface area contributed by atoms with E-state index in [-0.39, 0.29) is 35.5 Å². The molecule has 196 valence electrons. The summed E-state index contributed by atoms with van der Waals surface area (Å²) >= 11 is 7.98. The van der Waals surface area contributed by atoms with Crippen LogP contribution in [0, 0.1) is 17.8 Å². The van der Waals surface area contributed by atoms with Crippen molar-refractivity contribution < 1.29 is 19.5 Å². The topological polar surface area (TPSA) is 98.7 Å². The van der Waals surface area contributed by atoms with Crippen LogP contribution in [-0.2, 0) is 20.9 Å². The van der Waals surface area contributed by atoms with E-state index in [0.29, 0.717) is 36.6 Å². The number of nitrogens with zero attached hydrogens (tertiary/aromatic N) is 1. The second-order valence-electron chi connectivity index (χ2n) is 10.2. The van der Waals surface area contributed by atoms with Crippen molar-refractivity contribution in [1.82, 2.24) is 10.2 Å². The number of fused-ring (bicyclic) bond motifs is 1. The molecule has 5 rings (SSSR count). The third-order valence-corrected chi connectivity index (χ3v) is 10.5. The Morgan fingerprint density at radius 1 is 1.11 bits per heavy atom. The van der Waals surface area contributed by atoms with Gasteiger partial charge in [-0.2, -0.15) is 0 Å². The molecule has 2 bridgehead atoms. The lowest BCUT2D eigenvalue weighted by Crippen LogP contribution is -2.55. The molecule has 3 N–H and O–H groups in total. The van der Waals surface area contributed by atoms with Crippen LogP contribution in [0.15, 0.2) is 54.6 Å². The van der Waals surface area contributed by atoms with Gasteiger partial charge in [0.1, 0.15) is 6.04 Å². The van der Waals surface area contributed by atoms with E-state index in [1.807, 2.05) is 30.3 Å². The van der Waals surface area contributed by atoms with Crippen molar-refractivity contribution >= 4 is 46.8 Å². The van der Waals surface area contributed by atoms with Gasteiger partial charge in [0.2, 0.25) is 17.7 Å². The Bertz CT molecular complexity index is 1180. The first-order valence-corrected chi connectivity index (χ1v) is 14.1. The largest absolute Gasteiger partial charge is 0.396 e. The number of likely N-dealkylation sites (tertiary alicyclic amines) is 1. The lowest BCUT2D eigenvalue weighted by Gasteiger charge is -2.38. The van der Waals surface area contributed by atoms with Crippen LogP contribution in [0.2, 0.25) is 5.02 Å². The Balaban J connectivity index is 1.45. The molecule has 0 aliphatic carbocycles. The Morgan fingerprint density at radius 2 is 1.84 bits per heavy atom. The molecule has 3 heterocycles. The lowest BCUT2D eigenvalue weighted by molar-refractivity contribution is -0.139. The van der Waals surface area contributed by atoms with Crippen molar-refractivity contribution in [3.63, 3.8) is 0 Å². The van der Waals surface area contributed by atoms with Crippen molar-refractivity contribution in [3.8, 4) is 0 Å². The first-order valence-electron chi connectivity index (χ1n) is 12.8.